The molecule has 0 spiro atoms. The van der Waals surface area contributed by atoms with Crippen LogP contribution in [0.5, 0.6) is 0 Å². The summed E-state index contributed by atoms with van der Waals surface area (Å²) in [5.41, 5.74) is 5.39. The minimum atomic E-state index is -0.114. The van der Waals surface area contributed by atoms with E-state index in [2.05, 4.69) is 20.3 Å². The lowest BCUT2D eigenvalue weighted by molar-refractivity contribution is 0.0957. The highest BCUT2D eigenvalue weighted by atomic mass is 35.5. The van der Waals surface area contributed by atoms with Crippen LogP contribution in [-0.4, -0.2) is 33.9 Å². The van der Waals surface area contributed by atoms with E-state index in [0.717, 1.165) is 12.8 Å². The minimum Gasteiger partial charge on any atom is -0.351 e. The number of nitrogens with zero attached hydrogens (tertiary/aromatic N) is 3. The summed E-state index contributed by atoms with van der Waals surface area (Å²) in [4.78, 5) is 24.8. The zero-order chi connectivity index (χ0) is 13.5. The van der Waals surface area contributed by atoms with E-state index in [4.69, 9.17) is 5.73 Å². The van der Waals surface area contributed by atoms with Gasteiger partial charge in [0.05, 0.1) is 6.20 Å². The lowest BCUT2D eigenvalue weighted by Gasteiger charge is -2.01. The van der Waals surface area contributed by atoms with Crippen LogP contribution in [-0.2, 0) is 0 Å². The Kier molecular flexibility index (Phi) is 9.81. The third kappa shape index (κ3) is 5.92. The van der Waals surface area contributed by atoms with E-state index in [9.17, 15) is 4.79 Å². The van der Waals surface area contributed by atoms with E-state index in [1.165, 1.54) is 11.3 Å². The van der Waals surface area contributed by atoms with Crippen LogP contribution in [0.15, 0.2) is 24.7 Å². The highest BCUT2D eigenvalue weighted by Gasteiger charge is 2.12. The number of nitrogens with one attached hydrogen (secondary N) is 1. The van der Waals surface area contributed by atoms with E-state index < -0.39 is 0 Å². The largest absolute Gasteiger partial charge is 0.351 e. The van der Waals surface area contributed by atoms with Crippen LogP contribution in [0.1, 0.15) is 22.5 Å². The second kappa shape index (κ2) is 10.4. The van der Waals surface area contributed by atoms with Crippen LogP contribution in [0.2, 0.25) is 0 Å². The molecule has 1 amide bonds. The maximum atomic E-state index is 11.8. The average Bonchev–Trinajstić information content (AvgIpc) is 2.94. The Bertz CT molecular complexity index is 537. The summed E-state index contributed by atoms with van der Waals surface area (Å²) in [5.74, 6) is 0.423. The molecule has 116 valence electrons. The first kappa shape index (κ1) is 19.7. The second-order valence-corrected chi connectivity index (χ2v) is 4.88. The van der Waals surface area contributed by atoms with Crippen LogP contribution in [0.3, 0.4) is 0 Å². The summed E-state index contributed by atoms with van der Waals surface area (Å²) in [6.45, 7) is 1.27. The van der Waals surface area contributed by atoms with Gasteiger partial charge < -0.3 is 11.1 Å². The Morgan fingerprint density at radius 1 is 1.19 bits per heavy atom. The van der Waals surface area contributed by atoms with Crippen molar-refractivity contribution in [1.82, 2.24) is 20.3 Å². The van der Waals surface area contributed by atoms with Gasteiger partial charge >= 0.3 is 0 Å². The van der Waals surface area contributed by atoms with Crippen molar-refractivity contribution in [3.8, 4) is 10.8 Å². The zero-order valence-electron chi connectivity index (χ0n) is 11.2. The summed E-state index contributed by atoms with van der Waals surface area (Å²) < 4.78 is 0. The van der Waals surface area contributed by atoms with Crippen LogP contribution < -0.4 is 11.1 Å². The van der Waals surface area contributed by atoms with Crippen LogP contribution in [0, 0.1) is 0 Å². The summed E-state index contributed by atoms with van der Waals surface area (Å²) in [5, 5.41) is 3.48. The van der Waals surface area contributed by atoms with Gasteiger partial charge in [0.2, 0.25) is 0 Å². The first-order valence-electron chi connectivity index (χ1n) is 6.02. The number of carbonyl (C=O) groups is 1. The fourth-order valence-electron chi connectivity index (χ4n) is 1.45. The molecule has 0 aromatic carbocycles. The SMILES string of the molecule is Cl.Cl.NCCCCNC(=O)c1cnc(-c2ncccn2)s1. The molecule has 3 N–H and O–H groups in total. The van der Waals surface area contributed by atoms with Gasteiger partial charge in [-0.05, 0) is 25.5 Å². The normalized spacial score (nSPS) is 9.38. The molecular formula is C12H17Cl2N5OS. The highest BCUT2D eigenvalue weighted by molar-refractivity contribution is 7.16. The fraction of sp³-hybridized carbons (Fsp3) is 0.333. The van der Waals surface area contributed by atoms with Crippen molar-refractivity contribution in [3.05, 3.63) is 29.5 Å². The summed E-state index contributed by atoms with van der Waals surface area (Å²) >= 11 is 1.29. The molecule has 2 aromatic rings. The number of hydrogen-bond donors (Lipinski definition) is 2. The van der Waals surface area contributed by atoms with Gasteiger partial charge in [-0.1, -0.05) is 0 Å². The number of hydrogen-bond acceptors (Lipinski definition) is 6. The van der Waals surface area contributed by atoms with Crippen molar-refractivity contribution in [1.29, 1.82) is 0 Å². The molecule has 0 aliphatic heterocycles. The van der Waals surface area contributed by atoms with Gasteiger partial charge in [-0.25, -0.2) is 15.0 Å². The van der Waals surface area contributed by atoms with E-state index in [-0.39, 0.29) is 30.7 Å². The van der Waals surface area contributed by atoms with E-state index >= 15 is 0 Å². The first-order chi connectivity index (χ1) is 9.31. The predicted molar refractivity (Wildman–Crippen MR) is 88.3 cm³/mol. The number of unbranched alkanes of at least 4 members (excludes halogenated alkanes) is 1. The Balaban J connectivity index is 0.00000200. The first-order valence-corrected chi connectivity index (χ1v) is 6.84. The molecule has 0 saturated carbocycles. The summed E-state index contributed by atoms with van der Waals surface area (Å²) in [7, 11) is 0. The average molecular weight is 350 g/mol. The summed E-state index contributed by atoms with van der Waals surface area (Å²) in [6, 6.07) is 1.74. The van der Waals surface area contributed by atoms with Crippen molar-refractivity contribution < 1.29 is 4.79 Å². The minimum absolute atomic E-state index is 0. The van der Waals surface area contributed by atoms with Gasteiger partial charge in [0, 0.05) is 18.9 Å². The van der Waals surface area contributed by atoms with Crippen molar-refractivity contribution in [2.75, 3.05) is 13.1 Å². The number of rotatable bonds is 6. The molecule has 0 aliphatic carbocycles. The van der Waals surface area contributed by atoms with Gasteiger partial charge in [0.15, 0.2) is 10.8 Å². The number of amides is 1. The molecule has 0 bridgehead atoms. The molecule has 2 rings (SSSR count). The highest BCUT2D eigenvalue weighted by Crippen LogP contribution is 2.21. The quantitative estimate of drug-likeness (QED) is 0.776. The molecule has 6 nitrogen and oxygen atoms in total. The maximum Gasteiger partial charge on any atom is 0.263 e. The van der Waals surface area contributed by atoms with Gasteiger partial charge in [-0.2, -0.15) is 0 Å². The number of carbonyl (C=O) groups excluding carboxylic acids is 1. The Morgan fingerprint density at radius 3 is 2.57 bits per heavy atom. The number of thiazole rings is 1. The maximum absolute atomic E-state index is 11.8. The Hall–Kier alpha value is -1.28. The Morgan fingerprint density at radius 2 is 1.90 bits per heavy atom. The number of nitrogens with two attached hydrogens (primary N) is 1. The smallest absolute Gasteiger partial charge is 0.263 e. The standard InChI is InChI=1S/C12H15N5OS.2ClH/c13-4-1-2-5-16-11(18)9-8-17-12(19-9)10-14-6-3-7-15-10;;/h3,6-8H,1-2,4-5,13H2,(H,16,18);2*1H. The van der Waals surface area contributed by atoms with Crippen molar-refractivity contribution in [3.63, 3.8) is 0 Å². The molecule has 0 unspecified atom stereocenters. The van der Waals surface area contributed by atoms with E-state index in [1.54, 1.807) is 24.7 Å². The molecule has 2 heterocycles. The number of aromatic nitrogens is 3. The molecule has 0 atom stereocenters. The van der Waals surface area contributed by atoms with Crippen LogP contribution >= 0.6 is 36.2 Å². The third-order valence-electron chi connectivity index (χ3n) is 2.40. The van der Waals surface area contributed by atoms with Crippen molar-refractivity contribution >= 4 is 42.1 Å². The summed E-state index contributed by atoms with van der Waals surface area (Å²) in [6.07, 6.45) is 6.64. The molecule has 9 heteroatoms. The third-order valence-corrected chi connectivity index (χ3v) is 3.40. The topological polar surface area (TPSA) is 93.8 Å². The van der Waals surface area contributed by atoms with Crippen LogP contribution in [0.4, 0.5) is 0 Å². The van der Waals surface area contributed by atoms with Crippen LogP contribution in [0.25, 0.3) is 10.8 Å². The van der Waals surface area contributed by atoms with Gasteiger partial charge in [0.1, 0.15) is 4.88 Å². The molecule has 0 radical (unpaired) electrons. The van der Waals surface area contributed by atoms with Gasteiger partial charge in [0.25, 0.3) is 5.91 Å². The lowest BCUT2D eigenvalue weighted by Crippen LogP contribution is -2.23. The molecule has 21 heavy (non-hydrogen) atoms. The molecule has 0 fully saturated rings. The van der Waals surface area contributed by atoms with E-state index in [0.29, 0.717) is 28.8 Å². The van der Waals surface area contributed by atoms with E-state index in [1.807, 2.05) is 0 Å². The fourth-order valence-corrected chi connectivity index (χ4v) is 2.23. The second-order valence-electron chi connectivity index (χ2n) is 3.85. The molecule has 0 saturated heterocycles. The van der Waals surface area contributed by atoms with Crippen molar-refractivity contribution in [2.24, 2.45) is 5.73 Å². The zero-order valence-corrected chi connectivity index (χ0v) is 13.6. The van der Waals surface area contributed by atoms with Crippen molar-refractivity contribution in [2.45, 2.75) is 12.8 Å². The Labute approximate surface area is 139 Å². The molecular weight excluding hydrogens is 333 g/mol. The molecule has 0 aliphatic rings. The monoisotopic (exact) mass is 349 g/mol. The van der Waals surface area contributed by atoms with Gasteiger partial charge in [-0.3, -0.25) is 4.79 Å². The lowest BCUT2D eigenvalue weighted by atomic mass is 10.3. The predicted octanol–water partition coefficient (Wildman–Crippen LogP) is 1.91. The molecule has 2 aromatic heterocycles. The van der Waals surface area contributed by atoms with Gasteiger partial charge in [-0.15, -0.1) is 36.2 Å². The number of halogens is 2.